The molecule has 0 unspecified atom stereocenters. The first-order valence-electron chi connectivity index (χ1n) is 7.17. The van der Waals surface area contributed by atoms with Crippen molar-refractivity contribution in [2.75, 3.05) is 13.2 Å². The van der Waals surface area contributed by atoms with Crippen molar-refractivity contribution in [2.45, 2.75) is 13.5 Å². The highest BCUT2D eigenvalue weighted by molar-refractivity contribution is 6.32. The molecule has 1 amide bonds. The number of nitrogens with one attached hydrogen (secondary N) is 1. The number of aryl methyl sites for hydroxylation is 1. The molecule has 1 aromatic carbocycles. The van der Waals surface area contributed by atoms with E-state index < -0.39 is 18.5 Å². The Morgan fingerprint density at radius 3 is 2.75 bits per heavy atom. The minimum absolute atomic E-state index is 0.0746. The van der Waals surface area contributed by atoms with E-state index in [1.807, 2.05) is 30.3 Å². The van der Waals surface area contributed by atoms with Crippen molar-refractivity contribution in [1.29, 1.82) is 0 Å². The highest BCUT2D eigenvalue weighted by atomic mass is 35.5. The van der Waals surface area contributed by atoms with E-state index in [1.165, 1.54) is 4.68 Å². The lowest BCUT2D eigenvalue weighted by Crippen LogP contribution is -2.29. The van der Waals surface area contributed by atoms with Crippen molar-refractivity contribution in [3.05, 3.63) is 52.3 Å². The smallest absolute Gasteiger partial charge is 0.343 e. The van der Waals surface area contributed by atoms with Crippen molar-refractivity contribution >= 4 is 23.5 Å². The van der Waals surface area contributed by atoms with E-state index in [1.54, 1.807) is 6.92 Å². The molecule has 24 heavy (non-hydrogen) atoms. The van der Waals surface area contributed by atoms with Gasteiger partial charge < -0.3 is 10.1 Å². The van der Waals surface area contributed by atoms with E-state index in [-0.39, 0.29) is 17.3 Å². The zero-order valence-corrected chi connectivity index (χ0v) is 13.8. The van der Waals surface area contributed by atoms with Crippen molar-refractivity contribution in [3.8, 4) is 12.3 Å². The van der Waals surface area contributed by atoms with Gasteiger partial charge in [-0.3, -0.25) is 4.79 Å². The van der Waals surface area contributed by atoms with Gasteiger partial charge in [-0.15, -0.1) is 6.42 Å². The van der Waals surface area contributed by atoms with E-state index in [9.17, 15) is 9.59 Å². The van der Waals surface area contributed by atoms with Crippen molar-refractivity contribution in [3.63, 3.8) is 0 Å². The molecule has 6 nitrogen and oxygen atoms in total. The van der Waals surface area contributed by atoms with Crippen LogP contribution >= 0.6 is 11.6 Å². The molecule has 0 fully saturated rings. The van der Waals surface area contributed by atoms with Gasteiger partial charge >= 0.3 is 5.97 Å². The van der Waals surface area contributed by atoms with Crippen LogP contribution in [0.15, 0.2) is 30.3 Å². The van der Waals surface area contributed by atoms with Crippen LogP contribution in [0.5, 0.6) is 0 Å². The summed E-state index contributed by atoms with van der Waals surface area (Å²) in [5.74, 6) is 1.07. The number of aromatic nitrogens is 2. The van der Waals surface area contributed by atoms with Gasteiger partial charge in [0.15, 0.2) is 6.61 Å². The van der Waals surface area contributed by atoms with Crippen LogP contribution in [0.1, 0.15) is 21.6 Å². The number of carbonyl (C=O) groups excluding carboxylic acids is 2. The van der Waals surface area contributed by atoms with Gasteiger partial charge in [0.25, 0.3) is 5.91 Å². The maximum Gasteiger partial charge on any atom is 0.343 e. The molecule has 1 aromatic heterocycles. The Morgan fingerprint density at radius 2 is 2.08 bits per heavy atom. The molecule has 0 saturated carbocycles. The van der Waals surface area contributed by atoms with Crippen molar-refractivity contribution < 1.29 is 14.3 Å². The van der Waals surface area contributed by atoms with E-state index >= 15 is 0 Å². The zero-order valence-electron chi connectivity index (χ0n) is 13.1. The molecule has 2 rings (SSSR count). The molecule has 0 aliphatic heterocycles. The summed E-state index contributed by atoms with van der Waals surface area (Å²) in [7, 11) is 0. The van der Waals surface area contributed by atoms with Gasteiger partial charge in [-0.1, -0.05) is 47.9 Å². The van der Waals surface area contributed by atoms with Gasteiger partial charge in [0.05, 0.1) is 18.8 Å². The third-order valence-electron chi connectivity index (χ3n) is 3.17. The van der Waals surface area contributed by atoms with Gasteiger partial charge in [0, 0.05) is 0 Å². The van der Waals surface area contributed by atoms with Gasteiger partial charge in [-0.25, -0.2) is 9.48 Å². The van der Waals surface area contributed by atoms with Crippen LogP contribution in [0.4, 0.5) is 0 Å². The van der Waals surface area contributed by atoms with Crippen LogP contribution < -0.4 is 5.32 Å². The fraction of sp³-hybridized carbons (Fsp3) is 0.235. The average Bonchev–Trinajstić information content (AvgIpc) is 2.85. The molecule has 1 heterocycles. The van der Waals surface area contributed by atoms with Gasteiger partial charge in [0.1, 0.15) is 10.7 Å². The summed E-state index contributed by atoms with van der Waals surface area (Å²) in [4.78, 5) is 23.6. The Kier molecular flexibility index (Phi) is 5.99. The number of terminal acetylenes is 1. The second-order valence-electron chi connectivity index (χ2n) is 4.95. The number of hydrogen-bond acceptors (Lipinski definition) is 4. The molecular formula is C17H16ClN3O3. The Balaban J connectivity index is 2.06. The largest absolute Gasteiger partial charge is 0.452 e. The third-order valence-corrected chi connectivity index (χ3v) is 3.55. The predicted octanol–water partition coefficient (Wildman–Crippen LogP) is 1.80. The van der Waals surface area contributed by atoms with E-state index in [0.29, 0.717) is 12.2 Å². The maximum absolute atomic E-state index is 12.2. The number of carbonyl (C=O) groups is 2. The van der Waals surface area contributed by atoms with Crippen LogP contribution in [-0.4, -0.2) is 34.8 Å². The number of nitrogens with zero attached hydrogens (tertiary/aromatic N) is 2. The SMILES string of the molecule is C#CCNC(=O)COC(=O)c1c(C)nn(Cc2ccccc2)c1Cl. The molecule has 0 radical (unpaired) electrons. The molecule has 2 aromatic rings. The topological polar surface area (TPSA) is 73.2 Å². The van der Waals surface area contributed by atoms with Crippen LogP contribution in [0.3, 0.4) is 0 Å². The summed E-state index contributed by atoms with van der Waals surface area (Å²) in [5.41, 5.74) is 1.58. The summed E-state index contributed by atoms with van der Waals surface area (Å²) in [5, 5.41) is 6.83. The lowest BCUT2D eigenvalue weighted by molar-refractivity contribution is -0.123. The number of rotatable bonds is 6. The van der Waals surface area contributed by atoms with E-state index in [0.717, 1.165) is 5.56 Å². The molecule has 0 aliphatic rings. The summed E-state index contributed by atoms with van der Waals surface area (Å²) in [6.45, 7) is 1.73. The second-order valence-corrected chi connectivity index (χ2v) is 5.31. The summed E-state index contributed by atoms with van der Waals surface area (Å²) < 4.78 is 6.47. The molecule has 0 atom stereocenters. The molecule has 124 valence electrons. The molecule has 0 spiro atoms. The van der Waals surface area contributed by atoms with E-state index in [4.69, 9.17) is 22.8 Å². The van der Waals surface area contributed by atoms with Gasteiger partial charge in [-0.05, 0) is 12.5 Å². The molecule has 0 saturated heterocycles. The second kappa shape index (κ2) is 8.18. The van der Waals surface area contributed by atoms with Gasteiger partial charge in [-0.2, -0.15) is 5.10 Å². The fourth-order valence-corrected chi connectivity index (χ4v) is 2.36. The number of ether oxygens (including phenoxy) is 1. The molecule has 7 heteroatoms. The van der Waals surface area contributed by atoms with Crippen LogP contribution in [-0.2, 0) is 16.1 Å². The summed E-state index contributed by atoms with van der Waals surface area (Å²) in [6, 6.07) is 9.59. The first-order chi connectivity index (χ1) is 11.5. The Morgan fingerprint density at radius 1 is 1.38 bits per heavy atom. The third kappa shape index (κ3) is 4.37. The Labute approximate surface area is 144 Å². The number of amides is 1. The molecular weight excluding hydrogens is 330 g/mol. The quantitative estimate of drug-likeness (QED) is 0.640. The van der Waals surface area contributed by atoms with Crippen molar-refractivity contribution in [2.24, 2.45) is 0 Å². The first-order valence-corrected chi connectivity index (χ1v) is 7.55. The predicted molar refractivity (Wildman–Crippen MR) is 89.6 cm³/mol. The standard InChI is InChI=1S/C17H16ClN3O3/c1-3-9-19-14(22)11-24-17(23)15-12(2)20-21(16(15)18)10-13-7-5-4-6-8-13/h1,4-8H,9-11H2,2H3,(H,19,22). The summed E-state index contributed by atoms with van der Waals surface area (Å²) >= 11 is 6.25. The minimum atomic E-state index is -0.701. The summed E-state index contributed by atoms with van der Waals surface area (Å²) in [6.07, 6.45) is 5.03. The molecule has 0 bridgehead atoms. The normalized spacial score (nSPS) is 10.0. The van der Waals surface area contributed by atoms with Crippen LogP contribution in [0.2, 0.25) is 5.15 Å². The minimum Gasteiger partial charge on any atom is -0.452 e. The average molecular weight is 346 g/mol. The van der Waals surface area contributed by atoms with Crippen LogP contribution in [0, 0.1) is 19.3 Å². The molecule has 0 aliphatic carbocycles. The first kappa shape index (κ1) is 17.6. The number of benzene rings is 1. The highest BCUT2D eigenvalue weighted by Gasteiger charge is 2.22. The Hall–Kier alpha value is -2.78. The Bertz CT molecular complexity index is 778. The number of esters is 1. The van der Waals surface area contributed by atoms with Crippen LogP contribution in [0.25, 0.3) is 0 Å². The number of halogens is 1. The van der Waals surface area contributed by atoms with Crippen molar-refractivity contribution in [1.82, 2.24) is 15.1 Å². The highest BCUT2D eigenvalue weighted by Crippen LogP contribution is 2.21. The van der Waals surface area contributed by atoms with E-state index in [2.05, 4.69) is 16.3 Å². The maximum atomic E-state index is 12.2. The number of hydrogen-bond donors (Lipinski definition) is 1. The molecule has 1 N–H and O–H groups in total. The lowest BCUT2D eigenvalue weighted by Gasteiger charge is -2.05. The zero-order chi connectivity index (χ0) is 17.5. The fourth-order valence-electron chi connectivity index (χ4n) is 2.05. The monoisotopic (exact) mass is 345 g/mol. The van der Waals surface area contributed by atoms with Gasteiger partial charge in [0.2, 0.25) is 0 Å². The lowest BCUT2D eigenvalue weighted by atomic mass is 10.2.